The molecule has 0 spiro atoms. The average molecular weight is 205 g/mol. The van der Waals surface area contributed by atoms with Gasteiger partial charge in [-0.3, -0.25) is 0 Å². The summed E-state index contributed by atoms with van der Waals surface area (Å²) in [6.45, 7) is 1.97. The van der Waals surface area contributed by atoms with E-state index < -0.39 is 0 Å². The van der Waals surface area contributed by atoms with E-state index in [1.165, 1.54) is 0 Å². The number of aliphatic hydroxyl groups excluding tert-OH is 1. The van der Waals surface area contributed by atoms with E-state index in [0.717, 1.165) is 19.5 Å². The van der Waals surface area contributed by atoms with Crippen molar-refractivity contribution in [2.45, 2.75) is 19.1 Å². The third kappa shape index (κ3) is 2.18. The van der Waals surface area contributed by atoms with Crippen LogP contribution in [-0.4, -0.2) is 33.2 Å². The van der Waals surface area contributed by atoms with Crippen LogP contribution in [-0.2, 0) is 6.61 Å². The van der Waals surface area contributed by atoms with Gasteiger partial charge in [0.1, 0.15) is 5.69 Å². The number of halogens is 1. The Kier molecular flexibility index (Phi) is 3.65. The van der Waals surface area contributed by atoms with Crippen molar-refractivity contribution in [1.29, 1.82) is 0 Å². The molecule has 1 fully saturated rings. The monoisotopic (exact) mass is 204 g/mol. The van der Waals surface area contributed by atoms with Gasteiger partial charge in [-0.1, -0.05) is 5.21 Å². The fourth-order valence-corrected chi connectivity index (χ4v) is 1.43. The minimum atomic E-state index is -0.0276. The highest BCUT2D eigenvalue weighted by atomic mass is 35.5. The first-order valence-corrected chi connectivity index (χ1v) is 4.12. The molecule has 0 radical (unpaired) electrons. The molecule has 1 aromatic rings. The van der Waals surface area contributed by atoms with Gasteiger partial charge < -0.3 is 10.4 Å². The standard InChI is InChI=1S/C7H12N4O.ClH/c12-5-6-4-11(10-9-6)7-1-2-8-3-7;/h4,7-8,12H,1-3,5H2;1H. The molecule has 1 aromatic heterocycles. The van der Waals surface area contributed by atoms with Gasteiger partial charge in [0.2, 0.25) is 0 Å². The van der Waals surface area contributed by atoms with Gasteiger partial charge in [-0.15, -0.1) is 17.5 Å². The zero-order valence-corrected chi connectivity index (χ0v) is 8.00. The van der Waals surface area contributed by atoms with Crippen molar-refractivity contribution in [3.05, 3.63) is 11.9 Å². The van der Waals surface area contributed by atoms with Crippen LogP contribution in [0.4, 0.5) is 0 Å². The molecule has 6 heteroatoms. The molecule has 0 aliphatic carbocycles. The highest BCUT2D eigenvalue weighted by Gasteiger charge is 2.17. The minimum Gasteiger partial charge on any atom is -0.390 e. The first-order chi connectivity index (χ1) is 5.90. The van der Waals surface area contributed by atoms with E-state index in [1.807, 2.05) is 4.68 Å². The van der Waals surface area contributed by atoms with E-state index in [-0.39, 0.29) is 19.0 Å². The number of hydrogen-bond acceptors (Lipinski definition) is 4. The molecule has 2 heterocycles. The number of nitrogens with zero attached hydrogens (tertiary/aromatic N) is 3. The van der Waals surface area contributed by atoms with Gasteiger partial charge in [0, 0.05) is 6.54 Å². The Bertz CT molecular complexity index is 259. The molecular weight excluding hydrogens is 192 g/mol. The summed E-state index contributed by atoms with van der Waals surface area (Å²) in [5.74, 6) is 0. The molecule has 1 aliphatic heterocycles. The molecular formula is C7H13ClN4O. The second-order valence-electron chi connectivity index (χ2n) is 2.99. The van der Waals surface area contributed by atoms with Crippen LogP contribution in [0.25, 0.3) is 0 Å². The van der Waals surface area contributed by atoms with Gasteiger partial charge in [0.15, 0.2) is 0 Å². The molecule has 0 aromatic carbocycles. The molecule has 2 N–H and O–H groups in total. The third-order valence-corrected chi connectivity index (χ3v) is 2.13. The summed E-state index contributed by atoms with van der Waals surface area (Å²) >= 11 is 0. The quantitative estimate of drug-likeness (QED) is 0.696. The summed E-state index contributed by atoms with van der Waals surface area (Å²) in [6.07, 6.45) is 2.89. The van der Waals surface area contributed by atoms with Gasteiger partial charge >= 0.3 is 0 Å². The third-order valence-electron chi connectivity index (χ3n) is 2.13. The van der Waals surface area contributed by atoms with Crippen LogP contribution in [0.3, 0.4) is 0 Å². The van der Waals surface area contributed by atoms with Gasteiger partial charge in [-0.05, 0) is 13.0 Å². The lowest BCUT2D eigenvalue weighted by molar-refractivity contribution is 0.276. The summed E-state index contributed by atoms with van der Waals surface area (Å²) in [5.41, 5.74) is 0.641. The van der Waals surface area contributed by atoms with Gasteiger partial charge in [0.05, 0.1) is 18.8 Å². The van der Waals surface area contributed by atoms with Crippen molar-refractivity contribution < 1.29 is 5.11 Å². The predicted molar refractivity (Wildman–Crippen MR) is 49.7 cm³/mol. The van der Waals surface area contributed by atoms with Crippen LogP contribution in [0.5, 0.6) is 0 Å². The van der Waals surface area contributed by atoms with Crippen LogP contribution in [0.1, 0.15) is 18.2 Å². The SMILES string of the molecule is Cl.OCc1cn(C2CCNC2)nn1. The molecule has 0 amide bonds. The number of aliphatic hydroxyl groups is 1. The Morgan fingerprint density at radius 2 is 2.54 bits per heavy atom. The van der Waals surface area contributed by atoms with E-state index in [1.54, 1.807) is 6.20 Å². The van der Waals surface area contributed by atoms with Gasteiger partial charge in [-0.25, -0.2) is 4.68 Å². The van der Waals surface area contributed by atoms with Crippen LogP contribution in [0.15, 0.2) is 6.20 Å². The molecule has 5 nitrogen and oxygen atoms in total. The van der Waals surface area contributed by atoms with Crippen LogP contribution < -0.4 is 5.32 Å². The Labute approximate surface area is 82.5 Å². The Morgan fingerprint density at radius 3 is 3.08 bits per heavy atom. The van der Waals surface area contributed by atoms with Crippen molar-refractivity contribution in [3.8, 4) is 0 Å². The lowest BCUT2D eigenvalue weighted by Crippen LogP contribution is -2.13. The van der Waals surface area contributed by atoms with Crippen molar-refractivity contribution in [2.24, 2.45) is 0 Å². The highest BCUT2D eigenvalue weighted by Crippen LogP contribution is 2.13. The summed E-state index contributed by atoms with van der Waals surface area (Å²) < 4.78 is 1.82. The summed E-state index contributed by atoms with van der Waals surface area (Å²) in [7, 11) is 0. The maximum atomic E-state index is 8.76. The molecule has 2 rings (SSSR count). The number of aromatic nitrogens is 3. The van der Waals surface area contributed by atoms with Crippen LogP contribution in [0.2, 0.25) is 0 Å². The average Bonchev–Trinajstić information content (AvgIpc) is 2.75. The van der Waals surface area contributed by atoms with E-state index in [2.05, 4.69) is 15.6 Å². The van der Waals surface area contributed by atoms with E-state index >= 15 is 0 Å². The number of rotatable bonds is 2. The summed E-state index contributed by atoms with van der Waals surface area (Å²) in [5, 5.41) is 19.8. The van der Waals surface area contributed by atoms with Crippen molar-refractivity contribution >= 4 is 12.4 Å². The van der Waals surface area contributed by atoms with E-state index in [9.17, 15) is 0 Å². The molecule has 1 unspecified atom stereocenters. The largest absolute Gasteiger partial charge is 0.390 e. The number of hydrogen-bond donors (Lipinski definition) is 2. The maximum absolute atomic E-state index is 8.76. The lowest BCUT2D eigenvalue weighted by atomic mass is 10.3. The van der Waals surface area contributed by atoms with Crippen LogP contribution in [0, 0.1) is 0 Å². The zero-order valence-electron chi connectivity index (χ0n) is 7.18. The predicted octanol–water partition coefficient (Wildman–Crippen LogP) is -0.273. The first-order valence-electron chi connectivity index (χ1n) is 4.12. The Morgan fingerprint density at radius 1 is 1.69 bits per heavy atom. The Balaban J connectivity index is 0.000000845. The topological polar surface area (TPSA) is 63.0 Å². The highest BCUT2D eigenvalue weighted by molar-refractivity contribution is 5.85. The molecule has 1 saturated heterocycles. The normalized spacial score (nSPS) is 21.5. The fourth-order valence-electron chi connectivity index (χ4n) is 1.43. The van der Waals surface area contributed by atoms with Gasteiger partial charge in [-0.2, -0.15) is 0 Å². The van der Waals surface area contributed by atoms with Gasteiger partial charge in [0.25, 0.3) is 0 Å². The minimum absolute atomic E-state index is 0. The van der Waals surface area contributed by atoms with Crippen molar-refractivity contribution in [1.82, 2.24) is 20.3 Å². The molecule has 1 aliphatic rings. The fraction of sp³-hybridized carbons (Fsp3) is 0.714. The second-order valence-corrected chi connectivity index (χ2v) is 2.99. The smallest absolute Gasteiger partial charge is 0.108 e. The van der Waals surface area contributed by atoms with Crippen molar-refractivity contribution in [2.75, 3.05) is 13.1 Å². The van der Waals surface area contributed by atoms with E-state index in [4.69, 9.17) is 5.11 Å². The molecule has 0 saturated carbocycles. The molecule has 0 bridgehead atoms. The second kappa shape index (κ2) is 4.55. The summed E-state index contributed by atoms with van der Waals surface area (Å²) in [6, 6.07) is 0.415. The molecule has 13 heavy (non-hydrogen) atoms. The van der Waals surface area contributed by atoms with Crippen LogP contribution >= 0.6 is 12.4 Å². The Hall–Kier alpha value is -0.650. The number of nitrogens with one attached hydrogen (secondary N) is 1. The first kappa shape index (κ1) is 10.4. The molecule has 74 valence electrons. The lowest BCUT2D eigenvalue weighted by Gasteiger charge is -2.05. The maximum Gasteiger partial charge on any atom is 0.108 e. The van der Waals surface area contributed by atoms with Crippen molar-refractivity contribution in [3.63, 3.8) is 0 Å². The zero-order chi connectivity index (χ0) is 8.39. The summed E-state index contributed by atoms with van der Waals surface area (Å²) in [4.78, 5) is 0. The molecule has 1 atom stereocenters. The van der Waals surface area contributed by atoms with E-state index in [0.29, 0.717) is 11.7 Å².